The van der Waals surface area contributed by atoms with Gasteiger partial charge in [-0.1, -0.05) is 12.1 Å². The van der Waals surface area contributed by atoms with Crippen molar-refractivity contribution in [3.05, 3.63) is 52.6 Å². The van der Waals surface area contributed by atoms with Crippen LogP contribution in [-0.4, -0.2) is 33.5 Å². The molecule has 1 aliphatic heterocycles. The molecule has 1 aliphatic rings. The Morgan fingerprint density at radius 2 is 1.69 bits per heavy atom. The summed E-state index contributed by atoms with van der Waals surface area (Å²) in [4.78, 5) is 0.383. The van der Waals surface area contributed by atoms with Gasteiger partial charge in [-0.05, 0) is 67.6 Å². The first-order chi connectivity index (χ1) is 12.3. The van der Waals surface area contributed by atoms with Crippen LogP contribution in [0.15, 0.2) is 35.2 Å². The van der Waals surface area contributed by atoms with E-state index in [1.54, 1.807) is 24.6 Å². The molecule has 26 heavy (non-hydrogen) atoms. The Balaban J connectivity index is 2.06. The second kappa shape index (κ2) is 6.93. The molecular weight excluding hydrogens is 350 g/mol. The summed E-state index contributed by atoms with van der Waals surface area (Å²) >= 11 is 0. The fraction of sp³-hybridized carbons (Fsp3) is 0.400. The lowest BCUT2D eigenvalue weighted by Gasteiger charge is -2.35. The molecule has 1 heterocycles. The minimum absolute atomic E-state index is 0.275. The number of ether oxygens (including phenoxy) is 2. The van der Waals surface area contributed by atoms with Crippen molar-refractivity contribution in [3.63, 3.8) is 0 Å². The second-order valence-corrected chi connectivity index (χ2v) is 8.58. The summed E-state index contributed by atoms with van der Waals surface area (Å²) in [5.74, 6) is 1.29. The highest BCUT2D eigenvalue weighted by Gasteiger charge is 2.35. The van der Waals surface area contributed by atoms with Crippen molar-refractivity contribution >= 4 is 10.0 Å². The van der Waals surface area contributed by atoms with Gasteiger partial charge in [-0.15, -0.1) is 0 Å². The topological polar surface area (TPSA) is 55.8 Å². The number of sulfonamides is 1. The van der Waals surface area contributed by atoms with Gasteiger partial charge in [-0.25, -0.2) is 8.42 Å². The lowest BCUT2D eigenvalue weighted by atomic mass is 9.94. The van der Waals surface area contributed by atoms with E-state index >= 15 is 0 Å². The molecule has 0 unspecified atom stereocenters. The highest BCUT2D eigenvalue weighted by Crippen LogP contribution is 2.40. The second-order valence-electron chi connectivity index (χ2n) is 6.72. The summed E-state index contributed by atoms with van der Waals surface area (Å²) in [7, 11) is -0.390. The van der Waals surface area contributed by atoms with Gasteiger partial charge < -0.3 is 9.47 Å². The first-order valence-corrected chi connectivity index (χ1v) is 10.1. The van der Waals surface area contributed by atoms with Gasteiger partial charge in [0.25, 0.3) is 0 Å². The van der Waals surface area contributed by atoms with E-state index < -0.39 is 10.0 Å². The molecule has 0 radical (unpaired) electrons. The monoisotopic (exact) mass is 375 g/mol. The maximum Gasteiger partial charge on any atom is 0.243 e. The molecule has 140 valence electrons. The average molecular weight is 375 g/mol. The smallest absolute Gasteiger partial charge is 0.243 e. The van der Waals surface area contributed by atoms with Crippen molar-refractivity contribution in [1.82, 2.24) is 4.31 Å². The van der Waals surface area contributed by atoms with Gasteiger partial charge in [0.2, 0.25) is 10.0 Å². The summed E-state index contributed by atoms with van der Waals surface area (Å²) in [5, 5.41) is 0. The largest absolute Gasteiger partial charge is 0.493 e. The van der Waals surface area contributed by atoms with Gasteiger partial charge in [-0.2, -0.15) is 4.31 Å². The molecule has 0 bridgehead atoms. The highest BCUT2D eigenvalue weighted by atomic mass is 32.2. The van der Waals surface area contributed by atoms with E-state index in [-0.39, 0.29) is 6.04 Å². The predicted molar refractivity (Wildman–Crippen MR) is 101 cm³/mol. The SMILES string of the molecule is COc1cc2c(cc1OC)[C@H](C)N(S(=O)(=O)c1cc(C)ccc1C)CC2. The fourth-order valence-corrected chi connectivity index (χ4v) is 5.49. The van der Waals surface area contributed by atoms with E-state index in [2.05, 4.69) is 0 Å². The van der Waals surface area contributed by atoms with Crippen LogP contribution < -0.4 is 9.47 Å². The molecule has 5 nitrogen and oxygen atoms in total. The lowest BCUT2D eigenvalue weighted by Crippen LogP contribution is -2.39. The van der Waals surface area contributed by atoms with Crippen LogP contribution in [0.25, 0.3) is 0 Å². The normalized spacial score (nSPS) is 17.7. The molecule has 0 saturated carbocycles. The van der Waals surface area contributed by atoms with Crippen molar-refractivity contribution in [2.24, 2.45) is 0 Å². The molecule has 1 atom stereocenters. The number of fused-ring (bicyclic) bond motifs is 1. The van der Waals surface area contributed by atoms with E-state index in [1.807, 2.05) is 45.0 Å². The molecule has 0 spiro atoms. The zero-order chi connectivity index (χ0) is 19.1. The average Bonchev–Trinajstić information content (AvgIpc) is 2.62. The van der Waals surface area contributed by atoms with Crippen molar-refractivity contribution in [2.75, 3.05) is 20.8 Å². The van der Waals surface area contributed by atoms with Gasteiger partial charge in [0.1, 0.15) is 0 Å². The van der Waals surface area contributed by atoms with Gasteiger partial charge >= 0.3 is 0 Å². The van der Waals surface area contributed by atoms with Crippen molar-refractivity contribution in [3.8, 4) is 11.5 Å². The Morgan fingerprint density at radius 1 is 1.04 bits per heavy atom. The summed E-state index contributed by atoms with van der Waals surface area (Å²) in [6, 6.07) is 9.11. The van der Waals surface area contributed by atoms with Crippen LogP contribution in [0.2, 0.25) is 0 Å². The van der Waals surface area contributed by atoms with Crippen LogP contribution >= 0.6 is 0 Å². The number of rotatable bonds is 4. The van der Waals surface area contributed by atoms with E-state index in [0.717, 1.165) is 22.3 Å². The molecular formula is C20H25NO4S. The van der Waals surface area contributed by atoms with Crippen molar-refractivity contribution in [2.45, 2.75) is 38.1 Å². The van der Waals surface area contributed by atoms with E-state index in [0.29, 0.717) is 29.4 Å². The molecule has 0 N–H and O–H groups in total. The quantitative estimate of drug-likeness (QED) is 0.819. The zero-order valence-corrected chi connectivity index (χ0v) is 16.7. The van der Waals surface area contributed by atoms with Gasteiger partial charge in [-0.3, -0.25) is 0 Å². The fourth-order valence-electron chi connectivity index (χ4n) is 3.56. The predicted octanol–water partition coefficient (Wildman–Crippen LogP) is 3.63. The summed E-state index contributed by atoms with van der Waals surface area (Å²) in [5.41, 5.74) is 3.76. The zero-order valence-electron chi connectivity index (χ0n) is 15.9. The third kappa shape index (κ3) is 3.08. The number of hydrogen-bond donors (Lipinski definition) is 0. The number of hydrogen-bond acceptors (Lipinski definition) is 4. The standard InChI is InChI=1S/C20H25NO4S/c1-13-6-7-14(2)20(10-13)26(22,23)21-9-8-16-11-18(24-4)19(25-5)12-17(16)15(21)3/h6-7,10-12,15H,8-9H2,1-5H3/t15-/m0/s1. The molecule has 6 heteroatoms. The summed E-state index contributed by atoms with van der Waals surface area (Å²) in [6.07, 6.45) is 0.643. The Labute approximate surface area is 155 Å². The third-order valence-corrected chi connectivity index (χ3v) is 7.17. The number of aryl methyl sites for hydroxylation is 2. The summed E-state index contributed by atoms with van der Waals surface area (Å²) < 4.78 is 39.0. The van der Waals surface area contributed by atoms with Crippen LogP contribution in [0, 0.1) is 13.8 Å². The molecule has 0 aromatic heterocycles. The number of methoxy groups -OCH3 is 2. The van der Waals surface area contributed by atoms with Crippen molar-refractivity contribution in [1.29, 1.82) is 0 Å². The molecule has 2 aromatic carbocycles. The minimum Gasteiger partial charge on any atom is -0.493 e. The molecule has 3 rings (SSSR count). The number of nitrogens with zero attached hydrogens (tertiary/aromatic N) is 1. The van der Waals surface area contributed by atoms with E-state index in [1.165, 1.54) is 0 Å². The molecule has 0 fully saturated rings. The van der Waals surface area contributed by atoms with Crippen LogP contribution in [0.3, 0.4) is 0 Å². The van der Waals surface area contributed by atoms with Crippen LogP contribution in [-0.2, 0) is 16.4 Å². The maximum atomic E-state index is 13.3. The summed E-state index contributed by atoms with van der Waals surface area (Å²) in [6.45, 7) is 6.11. The molecule has 0 saturated heterocycles. The van der Waals surface area contributed by atoms with Gasteiger partial charge in [0, 0.05) is 12.6 Å². The van der Waals surface area contributed by atoms with Crippen LogP contribution in [0.5, 0.6) is 11.5 Å². The van der Waals surface area contributed by atoms with Crippen LogP contribution in [0.4, 0.5) is 0 Å². The maximum absolute atomic E-state index is 13.3. The Hall–Kier alpha value is -2.05. The third-order valence-electron chi connectivity index (χ3n) is 5.06. The first kappa shape index (κ1) is 18.7. The van der Waals surface area contributed by atoms with Crippen LogP contribution in [0.1, 0.15) is 35.2 Å². The Morgan fingerprint density at radius 3 is 2.35 bits per heavy atom. The number of benzene rings is 2. The highest BCUT2D eigenvalue weighted by molar-refractivity contribution is 7.89. The van der Waals surface area contributed by atoms with Gasteiger partial charge in [0.15, 0.2) is 11.5 Å². The first-order valence-electron chi connectivity index (χ1n) is 8.63. The minimum atomic E-state index is -3.58. The molecule has 0 aliphatic carbocycles. The molecule has 0 amide bonds. The lowest BCUT2D eigenvalue weighted by molar-refractivity contribution is 0.318. The molecule has 2 aromatic rings. The van der Waals surface area contributed by atoms with E-state index in [4.69, 9.17) is 9.47 Å². The van der Waals surface area contributed by atoms with Gasteiger partial charge in [0.05, 0.1) is 19.1 Å². The van der Waals surface area contributed by atoms with Crippen molar-refractivity contribution < 1.29 is 17.9 Å². The Bertz CT molecular complexity index is 937. The Kier molecular flexibility index (Phi) is 4.99. The van der Waals surface area contributed by atoms with E-state index in [9.17, 15) is 8.42 Å².